The fourth-order valence-electron chi connectivity index (χ4n) is 3.17. The number of ether oxygens (including phenoxy) is 2. The van der Waals surface area contributed by atoms with Crippen molar-refractivity contribution in [1.29, 1.82) is 0 Å². The molecule has 132 valence electrons. The molecule has 0 N–H and O–H groups in total. The summed E-state index contributed by atoms with van der Waals surface area (Å²) in [6.45, 7) is 5.33. The van der Waals surface area contributed by atoms with Crippen LogP contribution in [-0.4, -0.2) is 42.6 Å². The van der Waals surface area contributed by atoms with Crippen LogP contribution in [0.15, 0.2) is 24.3 Å². The molecule has 1 fully saturated rings. The van der Waals surface area contributed by atoms with E-state index in [1.54, 1.807) is 50.9 Å². The molecule has 6 heteroatoms. The Morgan fingerprint density at radius 2 is 1.83 bits per heavy atom. The smallest absolute Gasteiger partial charge is 0.323 e. The number of carbonyl (C=O) groups is 2. The molecule has 0 bridgehead atoms. The number of nitrogens with zero attached hydrogens (tertiary/aromatic N) is 1. The van der Waals surface area contributed by atoms with Crippen LogP contribution in [0, 0.1) is 11.7 Å². The molecule has 0 radical (unpaired) electrons. The van der Waals surface area contributed by atoms with Crippen LogP contribution in [0.1, 0.15) is 38.8 Å². The van der Waals surface area contributed by atoms with Gasteiger partial charge in [-0.1, -0.05) is 18.2 Å². The molecule has 1 aromatic rings. The molecule has 1 aromatic carbocycles. The van der Waals surface area contributed by atoms with E-state index in [1.165, 1.54) is 13.2 Å². The fourth-order valence-corrected chi connectivity index (χ4v) is 3.17. The second-order valence-corrected chi connectivity index (χ2v) is 7.05. The number of hydrogen-bond acceptors (Lipinski definition) is 5. The summed E-state index contributed by atoms with van der Waals surface area (Å²) in [6, 6.07) is 5.09. The zero-order valence-corrected chi connectivity index (χ0v) is 14.7. The Morgan fingerprint density at radius 1 is 1.21 bits per heavy atom. The van der Waals surface area contributed by atoms with Crippen molar-refractivity contribution in [3.05, 3.63) is 35.6 Å². The molecule has 1 aliphatic heterocycles. The molecule has 0 unspecified atom stereocenters. The molecule has 0 amide bonds. The molecule has 0 spiro atoms. The first-order valence-corrected chi connectivity index (χ1v) is 7.92. The number of likely N-dealkylation sites (N-methyl/N-ethyl adjacent to an activating group) is 1. The standard InChI is InChI=1S/C18H24FNO4/c1-18(2,3)24-16(21)12-10-14(17(22)23-5)20(4)15(12)11-8-6-7-9-13(11)19/h6-9,12,14-15H,10H2,1-5H3/t12-,14-,15-/m0/s1. The van der Waals surface area contributed by atoms with Gasteiger partial charge in [0.25, 0.3) is 0 Å². The minimum atomic E-state index is -0.654. The van der Waals surface area contributed by atoms with E-state index in [2.05, 4.69) is 0 Å². The fraction of sp³-hybridized carbons (Fsp3) is 0.556. The van der Waals surface area contributed by atoms with Crippen LogP contribution in [0.4, 0.5) is 4.39 Å². The zero-order chi connectivity index (χ0) is 18.1. The maximum atomic E-state index is 14.3. The van der Waals surface area contributed by atoms with Crippen molar-refractivity contribution in [2.24, 2.45) is 5.92 Å². The Kier molecular flexibility index (Phi) is 5.28. The lowest BCUT2D eigenvalue weighted by Crippen LogP contribution is -2.36. The Labute approximate surface area is 141 Å². The first-order chi connectivity index (χ1) is 11.2. The first kappa shape index (κ1) is 18.4. The van der Waals surface area contributed by atoms with Crippen molar-refractivity contribution < 1.29 is 23.5 Å². The third kappa shape index (κ3) is 3.75. The monoisotopic (exact) mass is 337 g/mol. The van der Waals surface area contributed by atoms with Crippen LogP contribution < -0.4 is 0 Å². The van der Waals surface area contributed by atoms with Gasteiger partial charge in [-0.2, -0.15) is 0 Å². The van der Waals surface area contributed by atoms with Crippen molar-refractivity contribution in [2.45, 2.75) is 44.9 Å². The molecule has 5 nitrogen and oxygen atoms in total. The summed E-state index contributed by atoms with van der Waals surface area (Å²) >= 11 is 0. The summed E-state index contributed by atoms with van der Waals surface area (Å²) in [5, 5.41) is 0. The lowest BCUT2D eigenvalue weighted by molar-refractivity contribution is -0.160. The zero-order valence-electron chi connectivity index (χ0n) is 14.7. The molecule has 3 atom stereocenters. The number of rotatable bonds is 3. The maximum Gasteiger partial charge on any atom is 0.323 e. The second kappa shape index (κ2) is 6.89. The van der Waals surface area contributed by atoms with Gasteiger partial charge in [-0.05, 0) is 40.3 Å². The minimum Gasteiger partial charge on any atom is -0.468 e. The van der Waals surface area contributed by atoms with Crippen LogP contribution in [0.25, 0.3) is 0 Å². The Bertz CT molecular complexity index is 626. The highest BCUT2D eigenvalue weighted by atomic mass is 19.1. The first-order valence-electron chi connectivity index (χ1n) is 7.92. The topological polar surface area (TPSA) is 55.8 Å². The quantitative estimate of drug-likeness (QED) is 0.794. The Hall–Kier alpha value is -1.95. The molecular formula is C18H24FNO4. The molecule has 24 heavy (non-hydrogen) atoms. The van der Waals surface area contributed by atoms with Gasteiger partial charge in [0.15, 0.2) is 0 Å². The highest BCUT2D eigenvalue weighted by Gasteiger charge is 2.49. The molecular weight excluding hydrogens is 313 g/mol. The highest BCUT2D eigenvalue weighted by molar-refractivity contribution is 5.80. The van der Waals surface area contributed by atoms with E-state index in [9.17, 15) is 14.0 Å². The number of hydrogen-bond donors (Lipinski definition) is 0. The summed E-state index contributed by atoms with van der Waals surface area (Å²) in [5.41, 5.74) is -0.277. The van der Waals surface area contributed by atoms with E-state index in [0.29, 0.717) is 5.56 Å². The van der Waals surface area contributed by atoms with Gasteiger partial charge in [0.2, 0.25) is 0 Å². The van der Waals surface area contributed by atoms with Gasteiger partial charge in [0.05, 0.1) is 19.1 Å². The largest absolute Gasteiger partial charge is 0.468 e. The van der Waals surface area contributed by atoms with E-state index in [-0.39, 0.29) is 6.42 Å². The Balaban J connectivity index is 2.40. The van der Waals surface area contributed by atoms with Crippen LogP contribution >= 0.6 is 0 Å². The van der Waals surface area contributed by atoms with E-state index in [1.807, 2.05) is 0 Å². The number of benzene rings is 1. The SMILES string of the molecule is COC(=O)[C@@H]1C[C@H](C(=O)OC(C)(C)C)[C@H](c2ccccc2F)N1C. The average molecular weight is 337 g/mol. The highest BCUT2D eigenvalue weighted by Crippen LogP contribution is 2.42. The number of methoxy groups -OCH3 is 1. The second-order valence-electron chi connectivity index (χ2n) is 7.05. The molecule has 1 heterocycles. The molecule has 1 aliphatic rings. The van der Waals surface area contributed by atoms with Gasteiger partial charge >= 0.3 is 11.9 Å². The number of likely N-dealkylation sites (tertiary alicyclic amines) is 1. The average Bonchev–Trinajstić information content (AvgIpc) is 2.83. The number of halogens is 1. The molecule has 1 saturated heterocycles. The summed E-state index contributed by atoms with van der Waals surface area (Å²) in [5.74, 6) is -1.93. The van der Waals surface area contributed by atoms with Crippen molar-refractivity contribution in [3.8, 4) is 0 Å². The predicted molar refractivity (Wildman–Crippen MR) is 86.7 cm³/mol. The van der Waals surface area contributed by atoms with E-state index < -0.39 is 41.4 Å². The van der Waals surface area contributed by atoms with Crippen LogP contribution in [0.3, 0.4) is 0 Å². The predicted octanol–water partition coefficient (Wildman–Crippen LogP) is 2.70. The van der Waals surface area contributed by atoms with Crippen molar-refractivity contribution >= 4 is 11.9 Å². The maximum absolute atomic E-state index is 14.3. The Morgan fingerprint density at radius 3 is 2.38 bits per heavy atom. The summed E-state index contributed by atoms with van der Waals surface area (Å²) in [4.78, 5) is 26.4. The van der Waals surface area contributed by atoms with E-state index in [0.717, 1.165) is 0 Å². The van der Waals surface area contributed by atoms with Gasteiger partial charge in [-0.3, -0.25) is 14.5 Å². The molecule has 0 saturated carbocycles. The summed E-state index contributed by atoms with van der Waals surface area (Å²) in [7, 11) is 3.00. The summed E-state index contributed by atoms with van der Waals surface area (Å²) in [6.07, 6.45) is 0.233. The number of carbonyl (C=O) groups excluding carboxylic acids is 2. The molecule has 0 aliphatic carbocycles. The van der Waals surface area contributed by atoms with Crippen molar-refractivity contribution in [2.75, 3.05) is 14.2 Å². The normalized spacial score (nSPS) is 24.7. The minimum absolute atomic E-state index is 0.233. The van der Waals surface area contributed by atoms with Gasteiger partial charge in [0, 0.05) is 5.56 Å². The lowest BCUT2D eigenvalue weighted by atomic mass is 9.92. The van der Waals surface area contributed by atoms with Crippen LogP contribution in [0.5, 0.6) is 0 Å². The number of esters is 2. The van der Waals surface area contributed by atoms with Crippen LogP contribution in [-0.2, 0) is 19.1 Å². The van der Waals surface area contributed by atoms with Gasteiger partial charge in [0.1, 0.15) is 17.5 Å². The molecule has 2 rings (SSSR count). The summed E-state index contributed by atoms with van der Waals surface area (Å²) < 4.78 is 24.6. The van der Waals surface area contributed by atoms with Gasteiger partial charge in [-0.25, -0.2) is 4.39 Å². The van der Waals surface area contributed by atoms with Crippen molar-refractivity contribution in [3.63, 3.8) is 0 Å². The third-order valence-corrected chi connectivity index (χ3v) is 4.20. The van der Waals surface area contributed by atoms with E-state index in [4.69, 9.17) is 9.47 Å². The van der Waals surface area contributed by atoms with Gasteiger partial charge < -0.3 is 9.47 Å². The third-order valence-electron chi connectivity index (χ3n) is 4.20. The lowest BCUT2D eigenvalue weighted by Gasteiger charge is -2.28. The van der Waals surface area contributed by atoms with Crippen LogP contribution in [0.2, 0.25) is 0 Å². The molecule has 0 aromatic heterocycles. The van der Waals surface area contributed by atoms with E-state index >= 15 is 0 Å². The van der Waals surface area contributed by atoms with Crippen molar-refractivity contribution in [1.82, 2.24) is 4.90 Å². The van der Waals surface area contributed by atoms with Gasteiger partial charge in [-0.15, -0.1) is 0 Å².